The summed E-state index contributed by atoms with van der Waals surface area (Å²) in [6, 6.07) is 1.80. The lowest BCUT2D eigenvalue weighted by atomic mass is 10.2. The van der Waals surface area contributed by atoms with Crippen molar-refractivity contribution in [2.75, 3.05) is 5.73 Å². The van der Waals surface area contributed by atoms with Crippen LogP contribution in [0.5, 0.6) is 0 Å². The number of nitrogen functional groups attached to an aromatic ring is 1. The number of nitrogens with two attached hydrogens (primary N) is 1. The van der Waals surface area contributed by atoms with Crippen molar-refractivity contribution >= 4 is 29.2 Å². The maximum atomic E-state index is 14.1. The molecule has 1 heterocycles. The van der Waals surface area contributed by atoms with E-state index in [2.05, 4.69) is 5.10 Å². The first-order valence-corrected chi connectivity index (χ1v) is 7.15. The molecule has 13 heteroatoms. The van der Waals surface area contributed by atoms with Gasteiger partial charge in [0, 0.05) is 0 Å². The summed E-state index contributed by atoms with van der Waals surface area (Å²) in [6.07, 6.45) is -4.90. The number of alkyl halides is 6. The van der Waals surface area contributed by atoms with Crippen LogP contribution in [0.1, 0.15) is 11.3 Å². The van der Waals surface area contributed by atoms with Gasteiger partial charge in [0.1, 0.15) is 17.6 Å². The van der Waals surface area contributed by atoms with Crippen LogP contribution < -0.4 is 5.73 Å². The van der Waals surface area contributed by atoms with Crippen LogP contribution in [0.15, 0.2) is 17.0 Å². The Kier molecular flexibility index (Phi) is 4.84. The molecule has 0 amide bonds. The molecular formula is C12H4ClF7N4S. The van der Waals surface area contributed by atoms with E-state index >= 15 is 0 Å². The van der Waals surface area contributed by atoms with Crippen molar-refractivity contribution in [1.82, 2.24) is 9.78 Å². The number of anilines is 1. The average Bonchev–Trinajstić information content (AvgIpc) is 2.73. The van der Waals surface area contributed by atoms with Crippen molar-refractivity contribution in [2.24, 2.45) is 0 Å². The Morgan fingerprint density at radius 2 is 1.80 bits per heavy atom. The number of halogens is 8. The first kappa shape index (κ1) is 19.2. The second-order valence-corrected chi connectivity index (χ2v) is 5.90. The topological polar surface area (TPSA) is 67.6 Å². The molecule has 134 valence electrons. The predicted molar refractivity (Wildman–Crippen MR) is 74.6 cm³/mol. The number of aromatic nitrogens is 2. The number of nitrogens with zero attached hydrogens (tertiary/aromatic N) is 3. The Morgan fingerprint density at radius 3 is 2.24 bits per heavy atom. The van der Waals surface area contributed by atoms with Crippen molar-refractivity contribution in [2.45, 2.75) is 16.6 Å². The molecule has 4 nitrogen and oxygen atoms in total. The molecule has 2 rings (SSSR count). The van der Waals surface area contributed by atoms with E-state index in [0.717, 1.165) is 0 Å². The highest BCUT2D eigenvalue weighted by molar-refractivity contribution is 8.00. The average molecular weight is 405 g/mol. The summed E-state index contributed by atoms with van der Waals surface area (Å²) in [7, 11) is 0. The number of thioether (sulfide) groups is 1. The molecule has 2 aromatic rings. The third kappa shape index (κ3) is 3.93. The standard InChI is InChI=1S/C12H4ClF7N4S/c13-5-1-4(11(15,16)17)2-6(14)8(5)24-10(22)9(7(3-21)23-24)25-12(18,19)20/h1-2H,22H2. The predicted octanol–water partition coefficient (Wildman–Crippen LogP) is 4.75. The van der Waals surface area contributed by atoms with Gasteiger partial charge in [0.15, 0.2) is 11.5 Å². The summed E-state index contributed by atoms with van der Waals surface area (Å²) >= 11 is 4.85. The van der Waals surface area contributed by atoms with Gasteiger partial charge in [0.2, 0.25) is 0 Å². The molecule has 0 spiro atoms. The van der Waals surface area contributed by atoms with Gasteiger partial charge in [-0.3, -0.25) is 0 Å². The van der Waals surface area contributed by atoms with Crippen molar-refractivity contribution in [1.29, 1.82) is 5.26 Å². The molecule has 1 aromatic carbocycles. The molecule has 25 heavy (non-hydrogen) atoms. The lowest BCUT2D eigenvalue weighted by Gasteiger charge is -2.12. The van der Waals surface area contributed by atoms with E-state index in [-0.39, 0.29) is 6.07 Å². The van der Waals surface area contributed by atoms with Crippen LogP contribution in [-0.4, -0.2) is 15.3 Å². The van der Waals surface area contributed by atoms with E-state index in [1.165, 1.54) is 6.07 Å². The summed E-state index contributed by atoms with van der Waals surface area (Å²) in [5.41, 5.74) is -2.36. The lowest BCUT2D eigenvalue weighted by Crippen LogP contribution is -2.10. The molecule has 0 unspecified atom stereocenters. The van der Waals surface area contributed by atoms with E-state index in [0.29, 0.717) is 10.7 Å². The van der Waals surface area contributed by atoms with Crippen LogP contribution in [0.3, 0.4) is 0 Å². The van der Waals surface area contributed by atoms with Crippen molar-refractivity contribution < 1.29 is 30.7 Å². The van der Waals surface area contributed by atoms with E-state index < -0.39 is 61.9 Å². The van der Waals surface area contributed by atoms with E-state index in [9.17, 15) is 30.7 Å². The van der Waals surface area contributed by atoms with Crippen molar-refractivity contribution in [3.8, 4) is 11.8 Å². The number of rotatable bonds is 2. The molecule has 0 radical (unpaired) electrons. The molecule has 0 aliphatic carbocycles. The number of hydrogen-bond acceptors (Lipinski definition) is 4. The van der Waals surface area contributed by atoms with Crippen LogP contribution in [0.2, 0.25) is 5.02 Å². The van der Waals surface area contributed by atoms with Crippen LogP contribution in [-0.2, 0) is 6.18 Å². The van der Waals surface area contributed by atoms with Gasteiger partial charge in [-0.05, 0) is 23.9 Å². The molecule has 0 aliphatic rings. The molecule has 0 saturated carbocycles. The smallest absolute Gasteiger partial charge is 0.383 e. The summed E-state index contributed by atoms with van der Waals surface area (Å²) in [4.78, 5) is -0.814. The third-order valence-electron chi connectivity index (χ3n) is 2.76. The summed E-state index contributed by atoms with van der Waals surface area (Å²) in [5.74, 6) is -2.32. The summed E-state index contributed by atoms with van der Waals surface area (Å²) in [6.45, 7) is 0. The van der Waals surface area contributed by atoms with Crippen LogP contribution in [0.4, 0.5) is 36.6 Å². The largest absolute Gasteiger partial charge is 0.446 e. The minimum atomic E-state index is -4.90. The Balaban J connectivity index is 2.66. The van der Waals surface area contributed by atoms with Crippen LogP contribution in [0, 0.1) is 17.1 Å². The maximum absolute atomic E-state index is 14.1. The molecule has 0 atom stereocenters. The normalized spacial score (nSPS) is 12.3. The van der Waals surface area contributed by atoms with Gasteiger partial charge in [0.05, 0.1) is 15.5 Å². The molecule has 1 aromatic heterocycles. The van der Waals surface area contributed by atoms with E-state index in [4.69, 9.17) is 22.6 Å². The van der Waals surface area contributed by atoms with Crippen molar-refractivity contribution in [3.05, 3.63) is 34.2 Å². The van der Waals surface area contributed by atoms with Crippen LogP contribution in [0.25, 0.3) is 5.69 Å². The van der Waals surface area contributed by atoms with Gasteiger partial charge >= 0.3 is 11.7 Å². The molecule has 0 saturated heterocycles. The zero-order chi connectivity index (χ0) is 19.2. The second-order valence-electron chi connectivity index (χ2n) is 4.42. The fourth-order valence-electron chi connectivity index (χ4n) is 1.81. The fourth-order valence-corrected chi connectivity index (χ4v) is 2.70. The maximum Gasteiger partial charge on any atom is 0.446 e. The Bertz CT molecular complexity index is 843. The zero-order valence-corrected chi connectivity index (χ0v) is 13.1. The molecule has 0 fully saturated rings. The highest BCUT2D eigenvalue weighted by atomic mass is 35.5. The highest BCUT2D eigenvalue weighted by Gasteiger charge is 2.36. The monoisotopic (exact) mass is 404 g/mol. The van der Waals surface area contributed by atoms with Gasteiger partial charge in [-0.2, -0.15) is 36.7 Å². The fraction of sp³-hybridized carbons (Fsp3) is 0.167. The molecule has 0 aliphatic heterocycles. The van der Waals surface area contributed by atoms with Gasteiger partial charge < -0.3 is 5.73 Å². The number of hydrogen-bond donors (Lipinski definition) is 1. The van der Waals surface area contributed by atoms with Gasteiger partial charge in [-0.1, -0.05) is 11.6 Å². The minimum Gasteiger partial charge on any atom is -0.383 e. The van der Waals surface area contributed by atoms with Crippen molar-refractivity contribution in [3.63, 3.8) is 0 Å². The van der Waals surface area contributed by atoms with Crippen LogP contribution >= 0.6 is 23.4 Å². The SMILES string of the molecule is N#Cc1nn(-c2c(F)cc(C(F)(F)F)cc2Cl)c(N)c1SC(F)(F)F. The number of benzene rings is 1. The quantitative estimate of drug-likeness (QED) is 0.579. The molecule has 2 N–H and O–H groups in total. The molecular weight excluding hydrogens is 401 g/mol. The second kappa shape index (κ2) is 6.30. The Morgan fingerprint density at radius 1 is 1.20 bits per heavy atom. The van der Waals surface area contributed by atoms with E-state index in [1.54, 1.807) is 0 Å². The zero-order valence-electron chi connectivity index (χ0n) is 11.5. The summed E-state index contributed by atoms with van der Waals surface area (Å²) < 4.78 is 89.9. The highest BCUT2D eigenvalue weighted by Crippen LogP contribution is 2.43. The first-order valence-electron chi connectivity index (χ1n) is 5.96. The van der Waals surface area contributed by atoms with Gasteiger partial charge in [-0.15, -0.1) is 0 Å². The van der Waals surface area contributed by atoms with Gasteiger partial charge in [0.25, 0.3) is 0 Å². The Hall–Kier alpha value is -2.13. The molecule has 0 bridgehead atoms. The first-order chi connectivity index (χ1) is 11.3. The Labute approximate surface area is 144 Å². The number of nitriles is 1. The van der Waals surface area contributed by atoms with Gasteiger partial charge in [-0.25, -0.2) is 9.07 Å². The lowest BCUT2D eigenvalue weighted by molar-refractivity contribution is -0.137. The summed E-state index contributed by atoms with van der Waals surface area (Å²) in [5, 5.41) is 11.5. The minimum absolute atomic E-state index is 0.0882. The van der Waals surface area contributed by atoms with E-state index in [1.807, 2.05) is 0 Å². The third-order valence-corrected chi connectivity index (χ3v) is 3.88.